The summed E-state index contributed by atoms with van der Waals surface area (Å²) >= 11 is 5.88. The molecule has 1 fully saturated rings. The second kappa shape index (κ2) is 6.41. The minimum Gasteiger partial charge on any atom is -0.489 e. The molecule has 1 aliphatic heterocycles. The number of aryl methyl sites for hydroxylation is 1. The first-order valence-corrected chi connectivity index (χ1v) is 7.49. The first-order valence-electron chi connectivity index (χ1n) is 7.11. The molecule has 2 aromatic rings. The van der Waals surface area contributed by atoms with Gasteiger partial charge in [0.25, 0.3) is 0 Å². The summed E-state index contributed by atoms with van der Waals surface area (Å²) in [4.78, 5) is 10.8. The Balaban J connectivity index is 1.54. The van der Waals surface area contributed by atoms with Crippen LogP contribution in [0.3, 0.4) is 0 Å². The SMILES string of the molecule is Cc1cc(CN2CCC(Oc3ccc(Cl)cc3)C2)ncn1. The van der Waals surface area contributed by atoms with Gasteiger partial charge in [-0.25, -0.2) is 9.97 Å². The van der Waals surface area contributed by atoms with E-state index < -0.39 is 0 Å². The summed E-state index contributed by atoms with van der Waals surface area (Å²) < 4.78 is 5.99. The fraction of sp³-hybridized carbons (Fsp3) is 0.375. The summed E-state index contributed by atoms with van der Waals surface area (Å²) in [5, 5.41) is 0.731. The molecule has 3 rings (SSSR count). The van der Waals surface area contributed by atoms with Crippen LogP contribution in [0.4, 0.5) is 0 Å². The van der Waals surface area contributed by atoms with Crippen LogP contribution in [0.25, 0.3) is 0 Å². The quantitative estimate of drug-likeness (QED) is 0.870. The van der Waals surface area contributed by atoms with Gasteiger partial charge in [0, 0.05) is 30.4 Å². The molecule has 110 valence electrons. The molecule has 0 saturated carbocycles. The second-order valence-corrected chi connectivity index (χ2v) is 5.80. The van der Waals surface area contributed by atoms with Crippen LogP contribution in [0.1, 0.15) is 17.8 Å². The van der Waals surface area contributed by atoms with E-state index >= 15 is 0 Å². The molecule has 1 aromatic heterocycles. The smallest absolute Gasteiger partial charge is 0.119 e. The van der Waals surface area contributed by atoms with E-state index in [1.165, 1.54) is 0 Å². The molecule has 5 heteroatoms. The van der Waals surface area contributed by atoms with Crippen LogP contribution in [-0.2, 0) is 6.54 Å². The van der Waals surface area contributed by atoms with Crippen LogP contribution in [0.5, 0.6) is 5.75 Å². The van der Waals surface area contributed by atoms with Gasteiger partial charge in [-0.05, 0) is 43.7 Å². The van der Waals surface area contributed by atoms with E-state index in [2.05, 4.69) is 14.9 Å². The van der Waals surface area contributed by atoms with Crippen LogP contribution in [0.2, 0.25) is 5.02 Å². The predicted molar refractivity (Wildman–Crippen MR) is 82.5 cm³/mol. The Labute approximate surface area is 129 Å². The van der Waals surface area contributed by atoms with E-state index in [0.717, 1.165) is 48.2 Å². The van der Waals surface area contributed by atoms with Gasteiger partial charge in [0.15, 0.2) is 0 Å². The van der Waals surface area contributed by atoms with Crippen LogP contribution in [0, 0.1) is 6.92 Å². The lowest BCUT2D eigenvalue weighted by molar-refractivity contribution is 0.198. The molecule has 1 unspecified atom stereocenters. The molecular weight excluding hydrogens is 286 g/mol. The van der Waals surface area contributed by atoms with E-state index in [0.29, 0.717) is 0 Å². The molecule has 1 aromatic carbocycles. The highest BCUT2D eigenvalue weighted by molar-refractivity contribution is 6.30. The topological polar surface area (TPSA) is 38.2 Å². The number of ether oxygens (including phenoxy) is 1. The first kappa shape index (κ1) is 14.3. The van der Waals surface area contributed by atoms with E-state index in [-0.39, 0.29) is 6.10 Å². The van der Waals surface area contributed by atoms with Gasteiger partial charge in [-0.3, -0.25) is 4.90 Å². The van der Waals surface area contributed by atoms with Gasteiger partial charge < -0.3 is 4.74 Å². The molecule has 4 nitrogen and oxygen atoms in total. The van der Waals surface area contributed by atoms with Crippen LogP contribution in [-0.4, -0.2) is 34.1 Å². The zero-order valence-corrected chi connectivity index (χ0v) is 12.8. The summed E-state index contributed by atoms with van der Waals surface area (Å²) in [5.41, 5.74) is 2.07. The maximum absolute atomic E-state index is 5.99. The van der Waals surface area contributed by atoms with Crippen molar-refractivity contribution in [1.82, 2.24) is 14.9 Å². The lowest BCUT2D eigenvalue weighted by Gasteiger charge is -2.16. The number of aromatic nitrogens is 2. The van der Waals surface area contributed by atoms with Gasteiger partial charge in [0.05, 0.1) is 5.69 Å². The van der Waals surface area contributed by atoms with Crippen molar-refractivity contribution in [3.05, 3.63) is 53.1 Å². The summed E-state index contributed by atoms with van der Waals surface area (Å²) in [6.45, 7) is 4.79. The minimum atomic E-state index is 0.231. The molecule has 1 atom stereocenters. The Bertz CT molecular complexity index is 603. The maximum Gasteiger partial charge on any atom is 0.119 e. The van der Waals surface area contributed by atoms with Crippen molar-refractivity contribution < 1.29 is 4.74 Å². The van der Waals surface area contributed by atoms with Crippen LogP contribution >= 0.6 is 11.6 Å². The van der Waals surface area contributed by atoms with Crippen LogP contribution < -0.4 is 4.74 Å². The second-order valence-electron chi connectivity index (χ2n) is 5.37. The average molecular weight is 304 g/mol. The number of nitrogens with zero attached hydrogens (tertiary/aromatic N) is 3. The van der Waals surface area contributed by atoms with Crippen LogP contribution in [0.15, 0.2) is 36.7 Å². The number of hydrogen-bond donors (Lipinski definition) is 0. The maximum atomic E-state index is 5.99. The zero-order chi connectivity index (χ0) is 14.7. The number of halogens is 1. The normalized spacial score (nSPS) is 18.9. The number of likely N-dealkylation sites (tertiary alicyclic amines) is 1. The third-order valence-electron chi connectivity index (χ3n) is 3.59. The Morgan fingerprint density at radius 1 is 1.29 bits per heavy atom. The van der Waals surface area contributed by atoms with E-state index in [1.807, 2.05) is 37.3 Å². The average Bonchev–Trinajstić information content (AvgIpc) is 2.89. The van der Waals surface area contributed by atoms with Crippen molar-refractivity contribution in [2.75, 3.05) is 13.1 Å². The molecule has 1 saturated heterocycles. The molecule has 0 N–H and O–H groups in total. The van der Waals surface area contributed by atoms with E-state index in [4.69, 9.17) is 16.3 Å². The van der Waals surface area contributed by atoms with Crippen molar-refractivity contribution in [2.24, 2.45) is 0 Å². The minimum absolute atomic E-state index is 0.231. The van der Waals surface area contributed by atoms with E-state index in [9.17, 15) is 0 Å². The fourth-order valence-electron chi connectivity index (χ4n) is 2.57. The van der Waals surface area contributed by atoms with Gasteiger partial charge in [-0.2, -0.15) is 0 Å². The number of benzene rings is 1. The van der Waals surface area contributed by atoms with Gasteiger partial charge >= 0.3 is 0 Å². The van der Waals surface area contributed by atoms with Crippen molar-refractivity contribution in [3.8, 4) is 5.75 Å². The molecule has 0 bridgehead atoms. The van der Waals surface area contributed by atoms with Crippen molar-refractivity contribution in [1.29, 1.82) is 0 Å². The Morgan fingerprint density at radius 2 is 2.10 bits per heavy atom. The van der Waals surface area contributed by atoms with Gasteiger partial charge in [0.2, 0.25) is 0 Å². The number of rotatable bonds is 4. The highest BCUT2D eigenvalue weighted by Gasteiger charge is 2.24. The standard InChI is InChI=1S/C16H18ClN3O/c1-12-8-14(19-11-18-12)9-20-7-6-16(10-20)21-15-4-2-13(17)3-5-15/h2-5,8,11,16H,6-7,9-10H2,1H3. The highest BCUT2D eigenvalue weighted by atomic mass is 35.5. The summed E-state index contributed by atoms with van der Waals surface area (Å²) in [6.07, 6.45) is 2.89. The molecule has 2 heterocycles. The van der Waals surface area contributed by atoms with E-state index in [1.54, 1.807) is 6.33 Å². The Hall–Kier alpha value is -1.65. The molecule has 0 spiro atoms. The Morgan fingerprint density at radius 3 is 2.86 bits per heavy atom. The number of hydrogen-bond acceptors (Lipinski definition) is 4. The fourth-order valence-corrected chi connectivity index (χ4v) is 2.69. The molecular formula is C16H18ClN3O. The molecule has 21 heavy (non-hydrogen) atoms. The lowest BCUT2D eigenvalue weighted by atomic mass is 10.3. The van der Waals surface area contributed by atoms with Gasteiger partial charge in [-0.15, -0.1) is 0 Å². The molecule has 1 aliphatic rings. The largest absolute Gasteiger partial charge is 0.489 e. The van der Waals surface area contributed by atoms with Crippen molar-refractivity contribution >= 4 is 11.6 Å². The zero-order valence-electron chi connectivity index (χ0n) is 12.0. The third kappa shape index (κ3) is 3.93. The van der Waals surface area contributed by atoms with Crippen molar-refractivity contribution in [2.45, 2.75) is 26.0 Å². The molecule has 0 aliphatic carbocycles. The first-order chi connectivity index (χ1) is 10.2. The van der Waals surface area contributed by atoms with Gasteiger partial charge in [-0.1, -0.05) is 11.6 Å². The highest BCUT2D eigenvalue weighted by Crippen LogP contribution is 2.21. The Kier molecular flexibility index (Phi) is 4.36. The summed E-state index contributed by atoms with van der Waals surface area (Å²) in [5.74, 6) is 0.879. The molecule has 0 radical (unpaired) electrons. The summed E-state index contributed by atoms with van der Waals surface area (Å²) in [6, 6.07) is 9.57. The predicted octanol–water partition coefficient (Wildman–Crippen LogP) is 3.09. The molecule has 0 amide bonds. The lowest BCUT2D eigenvalue weighted by Crippen LogP contribution is -2.25. The van der Waals surface area contributed by atoms with Gasteiger partial charge in [0.1, 0.15) is 18.2 Å². The third-order valence-corrected chi connectivity index (χ3v) is 3.84. The summed E-state index contributed by atoms with van der Waals surface area (Å²) in [7, 11) is 0. The van der Waals surface area contributed by atoms with Crippen molar-refractivity contribution in [3.63, 3.8) is 0 Å². The monoisotopic (exact) mass is 303 g/mol.